The Morgan fingerprint density at radius 2 is 1.54 bits per heavy atom. The predicted molar refractivity (Wildman–Crippen MR) is 94.5 cm³/mol. The molecule has 0 fully saturated rings. The number of aliphatic carboxylic acids is 1. The standard InChI is InChI=1S/C17H15NO3.C2HF3O2/c19-17(20)16-12-13-6-4-5-9-15(13)18(16)10-11-21-14-7-2-1-3-8-14;3-2(4,5)1(6)7/h1-9,12H,10-11H2,(H,19,20);(H,6,7). The largest absolute Gasteiger partial charge is 0.492 e. The summed E-state index contributed by atoms with van der Waals surface area (Å²) in [6.45, 7) is 0.910. The number of para-hydroxylation sites is 2. The number of halogens is 3. The second-order valence-electron chi connectivity index (χ2n) is 5.51. The van der Waals surface area contributed by atoms with E-state index in [1.165, 1.54) is 0 Å². The Morgan fingerprint density at radius 3 is 2.11 bits per heavy atom. The van der Waals surface area contributed by atoms with E-state index in [4.69, 9.17) is 14.6 Å². The molecule has 1 aromatic heterocycles. The fourth-order valence-electron chi connectivity index (χ4n) is 2.40. The number of carboxylic acids is 2. The highest BCUT2D eigenvalue weighted by Gasteiger charge is 2.38. The monoisotopic (exact) mass is 395 g/mol. The van der Waals surface area contributed by atoms with Crippen LogP contribution in [0.1, 0.15) is 10.5 Å². The first-order chi connectivity index (χ1) is 13.2. The molecule has 0 radical (unpaired) electrons. The number of rotatable bonds is 5. The van der Waals surface area contributed by atoms with Gasteiger partial charge in [0.2, 0.25) is 0 Å². The molecule has 2 aromatic carbocycles. The molecule has 148 valence electrons. The lowest BCUT2D eigenvalue weighted by atomic mass is 10.2. The summed E-state index contributed by atoms with van der Waals surface area (Å²) in [4.78, 5) is 20.3. The van der Waals surface area contributed by atoms with E-state index in [0.29, 0.717) is 13.2 Å². The van der Waals surface area contributed by atoms with Gasteiger partial charge in [0.25, 0.3) is 0 Å². The number of benzene rings is 2. The lowest BCUT2D eigenvalue weighted by Crippen LogP contribution is -2.21. The van der Waals surface area contributed by atoms with E-state index in [9.17, 15) is 23.1 Å². The van der Waals surface area contributed by atoms with E-state index < -0.39 is 18.1 Å². The zero-order valence-electron chi connectivity index (χ0n) is 14.4. The highest BCUT2D eigenvalue weighted by Crippen LogP contribution is 2.20. The fourth-order valence-corrected chi connectivity index (χ4v) is 2.40. The molecule has 0 aliphatic rings. The molecule has 0 atom stereocenters. The quantitative estimate of drug-likeness (QED) is 0.680. The van der Waals surface area contributed by atoms with E-state index in [2.05, 4.69) is 0 Å². The van der Waals surface area contributed by atoms with E-state index in [-0.39, 0.29) is 5.69 Å². The molecule has 6 nitrogen and oxygen atoms in total. The summed E-state index contributed by atoms with van der Waals surface area (Å²) < 4.78 is 39.2. The Hall–Kier alpha value is -3.49. The summed E-state index contributed by atoms with van der Waals surface area (Å²) in [5.41, 5.74) is 1.19. The number of nitrogens with zero attached hydrogens (tertiary/aromatic N) is 1. The van der Waals surface area contributed by atoms with Crippen molar-refractivity contribution in [3.63, 3.8) is 0 Å². The van der Waals surface area contributed by atoms with Crippen LogP contribution in [0.5, 0.6) is 5.75 Å². The molecule has 0 aliphatic carbocycles. The van der Waals surface area contributed by atoms with Gasteiger partial charge in [0.1, 0.15) is 18.1 Å². The summed E-state index contributed by atoms with van der Waals surface area (Å²) in [5, 5.41) is 17.4. The van der Waals surface area contributed by atoms with Gasteiger partial charge < -0.3 is 19.5 Å². The van der Waals surface area contributed by atoms with Gasteiger partial charge in [-0.1, -0.05) is 36.4 Å². The molecule has 0 aliphatic heterocycles. The first kappa shape index (κ1) is 20.8. The lowest BCUT2D eigenvalue weighted by Gasteiger charge is -2.10. The van der Waals surface area contributed by atoms with Crippen LogP contribution in [-0.2, 0) is 11.3 Å². The van der Waals surface area contributed by atoms with Gasteiger partial charge in [0.05, 0.1) is 6.54 Å². The maximum Gasteiger partial charge on any atom is 0.490 e. The highest BCUT2D eigenvalue weighted by atomic mass is 19.4. The van der Waals surface area contributed by atoms with Gasteiger partial charge >= 0.3 is 18.1 Å². The molecule has 3 rings (SSSR count). The van der Waals surface area contributed by atoms with Crippen molar-refractivity contribution in [2.45, 2.75) is 12.7 Å². The molecule has 0 bridgehead atoms. The Morgan fingerprint density at radius 1 is 0.964 bits per heavy atom. The van der Waals surface area contributed by atoms with Crippen molar-refractivity contribution in [2.24, 2.45) is 0 Å². The molecule has 0 unspecified atom stereocenters. The van der Waals surface area contributed by atoms with Crippen molar-refractivity contribution in [2.75, 3.05) is 6.61 Å². The molecule has 28 heavy (non-hydrogen) atoms. The van der Waals surface area contributed by atoms with Gasteiger partial charge in [0, 0.05) is 10.9 Å². The Labute approximate surface area is 157 Å². The van der Waals surface area contributed by atoms with Crippen LogP contribution in [-0.4, -0.2) is 39.5 Å². The molecular formula is C19H16F3NO5. The van der Waals surface area contributed by atoms with E-state index in [0.717, 1.165) is 16.7 Å². The zero-order valence-corrected chi connectivity index (χ0v) is 14.4. The van der Waals surface area contributed by atoms with Gasteiger partial charge in [-0.3, -0.25) is 0 Å². The fraction of sp³-hybridized carbons (Fsp3) is 0.158. The van der Waals surface area contributed by atoms with Crippen LogP contribution in [0.25, 0.3) is 10.9 Å². The van der Waals surface area contributed by atoms with Crippen LogP contribution in [0, 0.1) is 0 Å². The first-order valence-electron chi connectivity index (χ1n) is 7.99. The lowest BCUT2D eigenvalue weighted by molar-refractivity contribution is -0.192. The minimum Gasteiger partial charge on any atom is -0.492 e. The second kappa shape index (κ2) is 8.94. The van der Waals surface area contributed by atoms with Gasteiger partial charge in [-0.2, -0.15) is 13.2 Å². The molecule has 9 heteroatoms. The van der Waals surface area contributed by atoms with Crippen molar-refractivity contribution in [1.82, 2.24) is 4.57 Å². The summed E-state index contributed by atoms with van der Waals surface area (Å²) in [5.74, 6) is -2.90. The van der Waals surface area contributed by atoms with Crippen molar-refractivity contribution < 1.29 is 37.7 Å². The van der Waals surface area contributed by atoms with Crippen molar-refractivity contribution in [3.05, 3.63) is 66.4 Å². The average molecular weight is 395 g/mol. The van der Waals surface area contributed by atoms with Crippen molar-refractivity contribution in [3.8, 4) is 5.75 Å². The number of ether oxygens (including phenoxy) is 1. The third-order valence-electron chi connectivity index (χ3n) is 3.60. The third kappa shape index (κ3) is 5.50. The molecule has 0 spiro atoms. The van der Waals surface area contributed by atoms with Crippen LogP contribution in [0.2, 0.25) is 0 Å². The van der Waals surface area contributed by atoms with Gasteiger partial charge in [-0.15, -0.1) is 0 Å². The molecule has 3 aromatic rings. The first-order valence-corrected chi connectivity index (χ1v) is 7.99. The molecule has 0 saturated carbocycles. The molecule has 2 N–H and O–H groups in total. The topological polar surface area (TPSA) is 88.8 Å². The van der Waals surface area contributed by atoms with Crippen molar-refractivity contribution >= 4 is 22.8 Å². The molecule has 0 saturated heterocycles. The maximum absolute atomic E-state index is 11.4. The van der Waals surface area contributed by atoms with E-state index in [1.807, 2.05) is 54.6 Å². The van der Waals surface area contributed by atoms with Crippen LogP contribution >= 0.6 is 0 Å². The Kier molecular flexibility index (Phi) is 6.64. The van der Waals surface area contributed by atoms with E-state index >= 15 is 0 Å². The maximum atomic E-state index is 11.4. The molecule has 1 heterocycles. The van der Waals surface area contributed by atoms with E-state index in [1.54, 1.807) is 10.6 Å². The predicted octanol–water partition coefficient (Wildman–Crippen LogP) is 4.05. The second-order valence-corrected chi connectivity index (χ2v) is 5.51. The summed E-state index contributed by atoms with van der Waals surface area (Å²) in [7, 11) is 0. The number of alkyl halides is 3. The smallest absolute Gasteiger partial charge is 0.490 e. The van der Waals surface area contributed by atoms with Crippen LogP contribution in [0.4, 0.5) is 13.2 Å². The summed E-state index contributed by atoms with van der Waals surface area (Å²) in [6, 6.07) is 18.8. The highest BCUT2D eigenvalue weighted by molar-refractivity contribution is 5.94. The zero-order chi connectivity index (χ0) is 20.7. The third-order valence-corrected chi connectivity index (χ3v) is 3.60. The summed E-state index contributed by atoms with van der Waals surface area (Å²) >= 11 is 0. The minimum absolute atomic E-state index is 0.285. The number of aromatic nitrogens is 1. The van der Waals surface area contributed by atoms with Crippen molar-refractivity contribution in [1.29, 1.82) is 0 Å². The van der Waals surface area contributed by atoms with Crippen LogP contribution < -0.4 is 4.74 Å². The van der Waals surface area contributed by atoms with Gasteiger partial charge in [-0.05, 0) is 24.3 Å². The van der Waals surface area contributed by atoms with Crippen LogP contribution in [0.15, 0.2) is 60.7 Å². The van der Waals surface area contributed by atoms with Gasteiger partial charge in [0.15, 0.2) is 0 Å². The number of carboxylic acid groups (broad SMARTS) is 2. The normalized spacial score (nSPS) is 10.8. The molecular weight excluding hydrogens is 379 g/mol. The summed E-state index contributed by atoms with van der Waals surface area (Å²) in [6.07, 6.45) is -5.08. The Bertz CT molecular complexity index is 951. The molecule has 0 amide bonds. The number of carbonyl (C=O) groups is 2. The minimum atomic E-state index is -5.08. The number of hydrogen-bond acceptors (Lipinski definition) is 3. The number of hydrogen-bond donors (Lipinski definition) is 2. The van der Waals surface area contributed by atoms with Crippen LogP contribution in [0.3, 0.4) is 0 Å². The number of aromatic carboxylic acids is 1. The Balaban J connectivity index is 0.000000345. The van der Waals surface area contributed by atoms with Gasteiger partial charge in [-0.25, -0.2) is 9.59 Å². The number of fused-ring (bicyclic) bond motifs is 1. The average Bonchev–Trinajstić information content (AvgIpc) is 3.02. The SMILES string of the molecule is O=C(O)C(F)(F)F.O=C(O)c1cc2ccccc2n1CCOc1ccccc1.